The van der Waals surface area contributed by atoms with Crippen LogP contribution in [0.4, 0.5) is 4.79 Å². The molecular weight excluding hydrogens is 482 g/mol. The van der Waals surface area contributed by atoms with Crippen LogP contribution in [0.5, 0.6) is 0 Å². The molecular formula is C21H25N5O8S. The summed E-state index contributed by atoms with van der Waals surface area (Å²) in [5, 5.41) is 15.4. The lowest BCUT2D eigenvalue weighted by molar-refractivity contribution is -0.150. The van der Waals surface area contributed by atoms with Gasteiger partial charge in [-0.1, -0.05) is 5.16 Å². The summed E-state index contributed by atoms with van der Waals surface area (Å²) in [6.07, 6.45) is 0.841. The summed E-state index contributed by atoms with van der Waals surface area (Å²) in [7, 11) is 3.23. The van der Waals surface area contributed by atoms with Crippen LogP contribution in [-0.2, 0) is 24.0 Å². The van der Waals surface area contributed by atoms with Crippen LogP contribution >= 0.6 is 11.8 Å². The van der Waals surface area contributed by atoms with Gasteiger partial charge in [-0.05, 0) is 19.2 Å². The lowest BCUT2D eigenvalue weighted by Crippen LogP contribution is -2.71. The topological polar surface area (TPSA) is 154 Å². The summed E-state index contributed by atoms with van der Waals surface area (Å²) in [6, 6.07) is 2.12. The SMILES string of the molecule is CO/N=C(/C(=O)NC1C(=O)N2C(C(=O)O)=C(COC(=O)N3CCN(C)CC3)CS[C@H]12)c1ccco1. The Labute approximate surface area is 204 Å². The van der Waals surface area contributed by atoms with Gasteiger partial charge in [0.15, 0.2) is 5.76 Å². The number of carboxylic acid groups (broad SMARTS) is 1. The van der Waals surface area contributed by atoms with Crippen LogP contribution in [0.2, 0.25) is 0 Å². The standard InChI is InChI=1S/C21H25N5O8S/c1-24-5-7-25(8-6-24)21(31)34-10-12-11-35-19-15(18(28)26(19)16(12)20(29)30)22-17(27)14(23-32-2)13-4-3-9-33-13/h3-4,9,15,19H,5-8,10-11H2,1-2H3,(H,22,27)(H,29,30)/b23-14+/t15?,19-/m1/s1. The number of amides is 3. The molecule has 0 aliphatic carbocycles. The Kier molecular flexibility index (Phi) is 7.31. The number of nitrogens with one attached hydrogen (secondary N) is 1. The zero-order chi connectivity index (χ0) is 25.1. The number of thioether (sulfide) groups is 1. The number of ether oxygens (including phenoxy) is 1. The van der Waals surface area contributed by atoms with Crippen molar-refractivity contribution >= 4 is 41.4 Å². The molecule has 2 saturated heterocycles. The van der Waals surface area contributed by atoms with Crippen LogP contribution in [0.1, 0.15) is 5.76 Å². The van der Waals surface area contributed by atoms with E-state index in [1.54, 1.807) is 11.0 Å². The second kappa shape index (κ2) is 10.4. The van der Waals surface area contributed by atoms with E-state index in [-0.39, 0.29) is 29.5 Å². The average molecular weight is 508 g/mol. The number of aliphatic carboxylic acids is 1. The lowest BCUT2D eigenvalue weighted by Gasteiger charge is -2.49. The fourth-order valence-corrected chi connectivity index (χ4v) is 5.26. The maximum Gasteiger partial charge on any atom is 0.410 e. The molecule has 1 unspecified atom stereocenters. The van der Waals surface area contributed by atoms with Gasteiger partial charge >= 0.3 is 12.1 Å². The molecule has 4 heterocycles. The van der Waals surface area contributed by atoms with Gasteiger partial charge in [-0.15, -0.1) is 11.8 Å². The van der Waals surface area contributed by atoms with E-state index in [0.29, 0.717) is 18.7 Å². The first kappa shape index (κ1) is 24.6. The molecule has 1 aromatic rings. The highest BCUT2D eigenvalue weighted by atomic mass is 32.2. The van der Waals surface area contributed by atoms with Crippen LogP contribution in [0, 0.1) is 0 Å². The lowest BCUT2D eigenvalue weighted by atomic mass is 10.0. The highest BCUT2D eigenvalue weighted by Gasteiger charge is 2.54. The predicted octanol–water partition coefficient (Wildman–Crippen LogP) is -0.247. The van der Waals surface area contributed by atoms with Gasteiger partial charge in [-0.3, -0.25) is 14.5 Å². The minimum absolute atomic E-state index is 0.153. The number of hydrogen-bond donors (Lipinski definition) is 2. The van der Waals surface area contributed by atoms with Gasteiger partial charge in [0.25, 0.3) is 11.8 Å². The van der Waals surface area contributed by atoms with Gasteiger partial charge in [0, 0.05) is 37.5 Å². The largest absolute Gasteiger partial charge is 0.477 e. The first-order valence-electron chi connectivity index (χ1n) is 10.8. The molecule has 3 aliphatic rings. The van der Waals surface area contributed by atoms with E-state index >= 15 is 0 Å². The van der Waals surface area contributed by atoms with E-state index in [9.17, 15) is 24.3 Å². The molecule has 35 heavy (non-hydrogen) atoms. The molecule has 13 nitrogen and oxygen atoms in total. The molecule has 2 fully saturated rings. The van der Waals surface area contributed by atoms with Crippen LogP contribution < -0.4 is 5.32 Å². The molecule has 188 valence electrons. The van der Waals surface area contributed by atoms with Crippen LogP contribution in [0.15, 0.2) is 39.2 Å². The maximum atomic E-state index is 12.9. The van der Waals surface area contributed by atoms with Crippen molar-refractivity contribution in [3.05, 3.63) is 35.4 Å². The van der Waals surface area contributed by atoms with Crippen molar-refractivity contribution in [2.24, 2.45) is 5.16 Å². The fourth-order valence-electron chi connectivity index (χ4n) is 3.94. The number of carboxylic acids is 1. The van der Waals surface area contributed by atoms with E-state index in [1.807, 2.05) is 7.05 Å². The zero-order valence-corrected chi connectivity index (χ0v) is 19.9. The summed E-state index contributed by atoms with van der Waals surface area (Å²) in [5.41, 5.74) is -0.0705. The molecule has 3 amide bonds. The van der Waals surface area contributed by atoms with Gasteiger partial charge in [0.2, 0.25) is 5.71 Å². The normalized spacial score (nSPS) is 22.9. The Morgan fingerprint density at radius 1 is 1.29 bits per heavy atom. The third-order valence-electron chi connectivity index (χ3n) is 5.82. The molecule has 14 heteroatoms. The van der Waals surface area contributed by atoms with Crippen molar-refractivity contribution in [3.63, 3.8) is 0 Å². The first-order chi connectivity index (χ1) is 16.8. The molecule has 3 aliphatic heterocycles. The number of hydrogen-bond acceptors (Lipinski definition) is 10. The van der Waals surface area contributed by atoms with Gasteiger partial charge in [-0.2, -0.15) is 0 Å². The van der Waals surface area contributed by atoms with Gasteiger partial charge in [-0.25, -0.2) is 9.59 Å². The molecule has 0 aromatic carbocycles. The molecule has 4 rings (SSSR count). The van der Waals surface area contributed by atoms with Crippen LogP contribution in [0.3, 0.4) is 0 Å². The molecule has 2 N–H and O–H groups in total. The molecule has 0 radical (unpaired) electrons. The number of β-lactam (4-membered cyclic amide) rings is 1. The van der Waals surface area contributed by atoms with Crippen molar-refractivity contribution in [3.8, 4) is 0 Å². The Morgan fingerprint density at radius 3 is 2.66 bits per heavy atom. The molecule has 0 spiro atoms. The summed E-state index contributed by atoms with van der Waals surface area (Å²) in [6.45, 7) is 2.25. The smallest absolute Gasteiger partial charge is 0.410 e. The van der Waals surface area contributed by atoms with Crippen LogP contribution in [0.25, 0.3) is 0 Å². The second-order valence-corrected chi connectivity index (χ2v) is 9.17. The van der Waals surface area contributed by atoms with Crippen molar-refractivity contribution in [1.29, 1.82) is 0 Å². The average Bonchev–Trinajstić information content (AvgIpc) is 3.38. The number of furan rings is 1. The van der Waals surface area contributed by atoms with Crippen molar-refractivity contribution in [2.75, 3.05) is 52.7 Å². The summed E-state index contributed by atoms with van der Waals surface area (Å²) in [5.74, 6) is -2.23. The fraction of sp³-hybridized carbons (Fsp3) is 0.476. The number of likely N-dealkylation sites (N-methyl/N-ethyl adjacent to an activating group) is 1. The Bertz CT molecular complexity index is 1060. The quantitative estimate of drug-likeness (QED) is 0.287. The third kappa shape index (κ3) is 4.98. The van der Waals surface area contributed by atoms with Crippen LogP contribution in [-0.4, -0.2) is 114 Å². The number of piperazine rings is 1. The van der Waals surface area contributed by atoms with Gasteiger partial charge in [0.05, 0.1) is 6.26 Å². The predicted molar refractivity (Wildman–Crippen MR) is 122 cm³/mol. The molecule has 1 aromatic heterocycles. The molecule has 0 bridgehead atoms. The van der Waals surface area contributed by atoms with E-state index < -0.39 is 35.3 Å². The summed E-state index contributed by atoms with van der Waals surface area (Å²) >= 11 is 1.27. The number of fused-ring (bicyclic) bond motifs is 1. The highest BCUT2D eigenvalue weighted by Crippen LogP contribution is 2.40. The second-order valence-electron chi connectivity index (χ2n) is 8.06. The number of nitrogens with zero attached hydrogens (tertiary/aromatic N) is 4. The number of carbonyl (C=O) groups excluding carboxylic acids is 3. The van der Waals surface area contributed by atoms with E-state index in [1.165, 1.54) is 31.2 Å². The minimum Gasteiger partial charge on any atom is -0.477 e. The van der Waals surface area contributed by atoms with Crippen molar-refractivity contribution in [2.45, 2.75) is 11.4 Å². The van der Waals surface area contributed by atoms with Crippen molar-refractivity contribution in [1.82, 2.24) is 20.0 Å². The van der Waals surface area contributed by atoms with Gasteiger partial charge in [0.1, 0.15) is 30.8 Å². The van der Waals surface area contributed by atoms with E-state index in [0.717, 1.165) is 18.0 Å². The number of rotatable bonds is 7. The molecule has 2 atom stereocenters. The minimum atomic E-state index is -1.31. The number of carbonyl (C=O) groups is 4. The molecule has 0 saturated carbocycles. The Balaban J connectivity index is 1.42. The monoisotopic (exact) mass is 507 g/mol. The Hall–Kier alpha value is -3.52. The zero-order valence-electron chi connectivity index (χ0n) is 19.1. The number of oxime groups is 1. The first-order valence-corrected chi connectivity index (χ1v) is 11.8. The van der Waals surface area contributed by atoms with E-state index in [2.05, 4.69) is 15.4 Å². The summed E-state index contributed by atoms with van der Waals surface area (Å²) in [4.78, 5) is 59.5. The third-order valence-corrected chi connectivity index (χ3v) is 7.16. The maximum absolute atomic E-state index is 12.9. The van der Waals surface area contributed by atoms with Gasteiger partial charge < -0.3 is 34.2 Å². The van der Waals surface area contributed by atoms with Crippen molar-refractivity contribution < 1.29 is 38.3 Å². The summed E-state index contributed by atoms with van der Waals surface area (Å²) < 4.78 is 10.5. The Morgan fingerprint density at radius 2 is 2.03 bits per heavy atom. The van der Waals surface area contributed by atoms with E-state index in [4.69, 9.17) is 14.0 Å². The highest BCUT2D eigenvalue weighted by molar-refractivity contribution is 8.00.